The molecule has 4 heterocycles. The van der Waals surface area contributed by atoms with Crippen LogP contribution in [0.4, 0.5) is 0 Å². The molecule has 4 heteroatoms. The third kappa shape index (κ3) is 1.17. The van der Waals surface area contributed by atoms with Gasteiger partial charge in [0.25, 0.3) is 5.65 Å². The second-order valence-electron chi connectivity index (χ2n) is 5.75. The first-order valence-corrected chi connectivity index (χ1v) is 7.16. The van der Waals surface area contributed by atoms with Crippen molar-refractivity contribution in [1.29, 1.82) is 0 Å². The summed E-state index contributed by atoms with van der Waals surface area (Å²) in [5.74, 6) is 1.25. The molecule has 102 valence electrons. The van der Waals surface area contributed by atoms with Crippen molar-refractivity contribution >= 4 is 22.1 Å². The molecule has 4 nitrogen and oxygen atoms in total. The van der Waals surface area contributed by atoms with Crippen LogP contribution in [0.3, 0.4) is 0 Å². The van der Waals surface area contributed by atoms with Gasteiger partial charge in [0, 0.05) is 18.0 Å². The third-order valence-corrected chi connectivity index (χ3v) is 4.70. The number of hydrogen-bond donors (Lipinski definition) is 0. The van der Waals surface area contributed by atoms with Crippen molar-refractivity contribution in [2.24, 2.45) is 14.1 Å². The van der Waals surface area contributed by atoms with Crippen LogP contribution >= 0.6 is 0 Å². The van der Waals surface area contributed by atoms with Gasteiger partial charge in [0.05, 0.1) is 31.6 Å². The molecule has 5 rings (SSSR count). The first-order valence-electron chi connectivity index (χ1n) is 7.16. The van der Waals surface area contributed by atoms with Crippen molar-refractivity contribution in [3.05, 3.63) is 48.3 Å². The smallest absolute Gasteiger partial charge is 0.264 e. The fourth-order valence-corrected chi connectivity index (χ4v) is 3.80. The number of pyridine rings is 1. The van der Waals surface area contributed by atoms with Crippen LogP contribution < -0.4 is 4.57 Å². The van der Waals surface area contributed by atoms with Gasteiger partial charge in [-0.15, -0.1) is 0 Å². The Balaban J connectivity index is 2.02. The molecule has 0 N–H and O–H groups in total. The average Bonchev–Trinajstić information content (AvgIpc) is 3.11. The highest BCUT2D eigenvalue weighted by Gasteiger charge is 2.34. The summed E-state index contributed by atoms with van der Waals surface area (Å²) in [5.41, 5.74) is 6.47. The van der Waals surface area contributed by atoms with E-state index in [-0.39, 0.29) is 0 Å². The molecular formula is C17H15N4+. The second kappa shape index (κ2) is 3.52. The standard InChI is InChI=1S/C17H15N4/c1-19-14-6-4-3-5-12(14)15-17(19)21-10-11-7-8-18-9-13(11)16(21)20(15)2/h3-9H,10H2,1-2H3/q+1. The van der Waals surface area contributed by atoms with Gasteiger partial charge >= 0.3 is 0 Å². The summed E-state index contributed by atoms with van der Waals surface area (Å²) >= 11 is 0. The zero-order chi connectivity index (χ0) is 14.1. The quantitative estimate of drug-likeness (QED) is 0.399. The molecule has 0 unspecified atom stereocenters. The summed E-state index contributed by atoms with van der Waals surface area (Å²) in [4.78, 5) is 4.30. The van der Waals surface area contributed by atoms with E-state index in [2.05, 4.69) is 63.1 Å². The van der Waals surface area contributed by atoms with Gasteiger partial charge in [-0.25, -0.2) is 4.57 Å². The molecule has 1 aliphatic rings. The SMILES string of the molecule is Cn1c2[n+](c3c1c1ccccc1n3C)Cc1ccncc1-2. The molecule has 0 spiro atoms. The predicted octanol–water partition coefficient (Wildman–Crippen LogP) is 2.38. The number of rotatable bonds is 0. The van der Waals surface area contributed by atoms with Gasteiger partial charge in [0.15, 0.2) is 5.52 Å². The third-order valence-electron chi connectivity index (χ3n) is 4.70. The number of fused-ring (bicyclic) bond motifs is 7. The highest BCUT2D eigenvalue weighted by atomic mass is 15.2. The summed E-state index contributed by atoms with van der Waals surface area (Å²) in [5, 5.41) is 1.31. The lowest BCUT2D eigenvalue weighted by Gasteiger charge is -1.97. The van der Waals surface area contributed by atoms with E-state index in [4.69, 9.17) is 0 Å². The number of benzene rings is 1. The molecule has 3 aromatic heterocycles. The van der Waals surface area contributed by atoms with E-state index < -0.39 is 0 Å². The fraction of sp³-hybridized carbons (Fsp3) is 0.176. The van der Waals surface area contributed by atoms with Gasteiger partial charge in [-0.05, 0) is 18.2 Å². The average molecular weight is 275 g/mol. The number of nitrogens with zero attached hydrogens (tertiary/aromatic N) is 4. The minimum atomic E-state index is 0.925. The molecule has 1 aliphatic heterocycles. The zero-order valence-electron chi connectivity index (χ0n) is 12.0. The van der Waals surface area contributed by atoms with Crippen LogP contribution in [0.5, 0.6) is 0 Å². The highest BCUT2D eigenvalue weighted by Crippen LogP contribution is 2.34. The molecule has 0 saturated carbocycles. The topological polar surface area (TPSA) is 26.6 Å². The van der Waals surface area contributed by atoms with Gasteiger partial charge in [0.1, 0.15) is 5.52 Å². The number of aromatic nitrogens is 4. The summed E-state index contributed by atoms with van der Waals surface area (Å²) in [6.45, 7) is 0.925. The molecule has 0 bridgehead atoms. The Morgan fingerprint density at radius 1 is 1.10 bits per heavy atom. The maximum absolute atomic E-state index is 4.30. The van der Waals surface area contributed by atoms with Gasteiger partial charge in [-0.3, -0.25) is 14.1 Å². The summed E-state index contributed by atoms with van der Waals surface area (Å²) in [6.07, 6.45) is 3.86. The normalized spacial score (nSPS) is 13.0. The van der Waals surface area contributed by atoms with Crippen molar-refractivity contribution in [1.82, 2.24) is 14.1 Å². The van der Waals surface area contributed by atoms with E-state index in [1.165, 1.54) is 39.0 Å². The Bertz CT molecular complexity index is 1040. The monoisotopic (exact) mass is 275 g/mol. The molecule has 0 radical (unpaired) electrons. The molecule has 0 fully saturated rings. The Morgan fingerprint density at radius 2 is 1.95 bits per heavy atom. The van der Waals surface area contributed by atoms with Crippen molar-refractivity contribution < 1.29 is 4.57 Å². The number of imidazole rings is 1. The molecule has 1 aromatic carbocycles. The van der Waals surface area contributed by atoms with E-state index in [9.17, 15) is 0 Å². The Kier molecular flexibility index (Phi) is 1.86. The predicted molar refractivity (Wildman–Crippen MR) is 81.9 cm³/mol. The van der Waals surface area contributed by atoms with E-state index in [1.54, 1.807) is 0 Å². The van der Waals surface area contributed by atoms with E-state index in [1.807, 2.05) is 12.4 Å². The van der Waals surface area contributed by atoms with Crippen LogP contribution in [-0.2, 0) is 20.6 Å². The Morgan fingerprint density at radius 3 is 2.86 bits per heavy atom. The largest absolute Gasteiger partial charge is 0.269 e. The summed E-state index contributed by atoms with van der Waals surface area (Å²) in [6, 6.07) is 10.7. The van der Waals surface area contributed by atoms with Crippen LogP contribution in [-0.4, -0.2) is 14.1 Å². The van der Waals surface area contributed by atoms with Crippen LogP contribution in [0.25, 0.3) is 33.5 Å². The lowest BCUT2D eigenvalue weighted by Crippen LogP contribution is -2.33. The van der Waals surface area contributed by atoms with Gasteiger partial charge in [0.2, 0.25) is 5.82 Å². The first-order chi connectivity index (χ1) is 10.3. The van der Waals surface area contributed by atoms with E-state index >= 15 is 0 Å². The molecule has 4 aromatic rings. The van der Waals surface area contributed by atoms with Crippen LogP contribution in [0, 0.1) is 0 Å². The lowest BCUT2D eigenvalue weighted by atomic mass is 10.2. The number of aryl methyl sites for hydroxylation is 2. The molecule has 0 aliphatic carbocycles. The van der Waals surface area contributed by atoms with Gasteiger partial charge in [-0.2, -0.15) is 0 Å². The molecular weight excluding hydrogens is 260 g/mol. The van der Waals surface area contributed by atoms with Crippen molar-refractivity contribution in [2.45, 2.75) is 6.54 Å². The van der Waals surface area contributed by atoms with Crippen LogP contribution in [0.15, 0.2) is 42.7 Å². The minimum absolute atomic E-state index is 0.925. The van der Waals surface area contributed by atoms with Crippen LogP contribution in [0.2, 0.25) is 0 Å². The van der Waals surface area contributed by atoms with Gasteiger partial charge in [-0.1, -0.05) is 12.1 Å². The maximum Gasteiger partial charge on any atom is 0.269 e. The lowest BCUT2D eigenvalue weighted by molar-refractivity contribution is -0.648. The second-order valence-corrected chi connectivity index (χ2v) is 5.75. The fourth-order valence-electron chi connectivity index (χ4n) is 3.80. The zero-order valence-corrected chi connectivity index (χ0v) is 12.0. The van der Waals surface area contributed by atoms with E-state index in [0.717, 1.165) is 6.54 Å². The minimum Gasteiger partial charge on any atom is -0.264 e. The summed E-state index contributed by atoms with van der Waals surface area (Å²) in [7, 11) is 4.31. The number of hydrogen-bond acceptors (Lipinski definition) is 1. The summed E-state index contributed by atoms with van der Waals surface area (Å²) < 4.78 is 7.01. The van der Waals surface area contributed by atoms with Crippen molar-refractivity contribution in [3.8, 4) is 11.4 Å². The Labute approximate surface area is 121 Å². The van der Waals surface area contributed by atoms with Crippen LogP contribution in [0.1, 0.15) is 5.56 Å². The first kappa shape index (κ1) is 11.1. The van der Waals surface area contributed by atoms with Gasteiger partial charge < -0.3 is 0 Å². The highest BCUT2D eigenvalue weighted by molar-refractivity contribution is 6.04. The van der Waals surface area contributed by atoms with Crippen molar-refractivity contribution in [3.63, 3.8) is 0 Å². The molecule has 21 heavy (non-hydrogen) atoms. The number of para-hydroxylation sites is 1. The molecule has 0 saturated heterocycles. The maximum atomic E-state index is 4.30. The van der Waals surface area contributed by atoms with Crippen molar-refractivity contribution in [2.75, 3.05) is 0 Å². The molecule has 0 amide bonds. The Hall–Kier alpha value is -2.62. The molecule has 0 atom stereocenters. The van der Waals surface area contributed by atoms with E-state index in [0.29, 0.717) is 0 Å².